The molecule has 0 radical (unpaired) electrons. The van der Waals surface area contributed by atoms with Crippen LogP contribution in [0.3, 0.4) is 0 Å². The second kappa shape index (κ2) is 5.06. The fourth-order valence-corrected chi connectivity index (χ4v) is 1.29. The summed E-state index contributed by atoms with van der Waals surface area (Å²) >= 11 is 0. The first-order chi connectivity index (χ1) is 7.99. The van der Waals surface area contributed by atoms with Crippen molar-refractivity contribution < 1.29 is 24.4 Å². The second-order valence-corrected chi connectivity index (χ2v) is 2.98. The first-order valence-corrected chi connectivity index (χ1v) is 4.66. The molecule has 0 aliphatic heterocycles. The van der Waals surface area contributed by atoms with Crippen molar-refractivity contribution in [3.05, 3.63) is 39.4 Å². The number of aromatic carboxylic acids is 1. The van der Waals surface area contributed by atoms with Gasteiger partial charge in [-0.1, -0.05) is 6.07 Å². The van der Waals surface area contributed by atoms with Gasteiger partial charge < -0.3 is 9.84 Å². The summed E-state index contributed by atoms with van der Waals surface area (Å²) in [6, 6.07) is 3.37. The molecule has 0 aliphatic carbocycles. The molecule has 0 atom stereocenters. The third-order valence-electron chi connectivity index (χ3n) is 1.95. The van der Waals surface area contributed by atoms with Gasteiger partial charge in [0, 0.05) is 6.07 Å². The molecule has 1 aromatic rings. The lowest BCUT2D eigenvalue weighted by Gasteiger charge is -2.05. The number of benzene rings is 1. The largest absolute Gasteiger partial charge is 0.478 e. The minimum absolute atomic E-state index is 0.00391. The molecule has 0 spiro atoms. The summed E-state index contributed by atoms with van der Waals surface area (Å²) in [5.74, 6) is -2.44. The maximum absolute atomic E-state index is 11.5. The quantitative estimate of drug-likeness (QED) is 0.484. The van der Waals surface area contributed by atoms with Gasteiger partial charge in [-0.05, 0) is 13.0 Å². The molecular formula is C10H9NO6. The molecule has 1 N–H and O–H groups in total. The van der Waals surface area contributed by atoms with Crippen LogP contribution in [-0.2, 0) is 4.74 Å². The Morgan fingerprint density at radius 2 is 2.12 bits per heavy atom. The molecule has 0 amide bonds. The molecule has 0 fully saturated rings. The van der Waals surface area contributed by atoms with Crippen LogP contribution in [0.5, 0.6) is 0 Å². The van der Waals surface area contributed by atoms with Crippen molar-refractivity contribution >= 4 is 17.6 Å². The predicted molar refractivity (Wildman–Crippen MR) is 56.0 cm³/mol. The molecule has 0 heterocycles. The minimum atomic E-state index is -1.42. The van der Waals surface area contributed by atoms with Gasteiger partial charge in [-0.3, -0.25) is 10.1 Å². The van der Waals surface area contributed by atoms with Gasteiger partial charge in [0.15, 0.2) is 5.56 Å². The number of carboxylic acids is 1. The molecule has 7 nitrogen and oxygen atoms in total. The lowest BCUT2D eigenvalue weighted by atomic mass is 10.1. The van der Waals surface area contributed by atoms with Crippen LogP contribution in [0.15, 0.2) is 18.2 Å². The number of rotatable bonds is 4. The van der Waals surface area contributed by atoms with E-state index in [4.69, 9.17) is 5.11 Å². The minimum Gasteiger partial charge on any atom is -0.478 e. The van der Waals surface area contributed by atoms with Crippen molar-refractivity contribution in [1.29, 1.82) is 0 Å². The first-order valence-electron chi connectivity index (χ1n) is 4.66. The fraction of sp³-hybridized carbons (Fsp3) is 0.200. The summed E-state index contributed by atoms with van der Waals surface area (Å²) < 4.78 is 4.60. The molecule has 0 saturated carbocycles. The van der Waals surface area contributed by atoms with Crippen LogP contribution < -0.4 is 0 Å². The molecular weight excluding hydrogens is 230 g/mol. The Morgan fingerprint density at radius 1 is 1.47 bits per heavy atom. The molecule has 0 bridgehead atoms. The van der Waals surface area contributed by atoms with E-state index in [1.165, 1.54) is 13.0 Å². The molecule has 0 unspecified atom stereocenters. The van der Waals surface area contributed by atoms with Gasteiger partial charge >= 0.3 is 11.9 Å². The number of ether oxygens (including phenoxy) is 1. The van der Waals surface area contributed by atoms with Crippen LogP contribution in [0.1, 0.15) is 27.6 Å². The highest BCUT2D eigenvalue weighted by Gasteiger charge is 2.27. The topological polar surface area (TPSA) is 107 Å². The first kappa shape index (κ1) is 12.6. The summed E-state index contributed by atoms with van der Waals surface area (Å²) in [6.07, 6.45) is 0. The summed E-state index contributed by atoms with van der Waals surface area (Å²) in [6.45, 7) is 1.52. The van der Waals surface area contributed by atoms with Gasteiger partial charge in [0.25, 0.3) is 5.69 Å². The van der Waals surface area contributed by atoms with Crippen LogP contribution in [0, 0.1) is 10.1 Å². The standard InChI is InChI=1S/C10H9NO6/c1-2-17-10(14)8-6(9(12)13)4-3-5-7(8)11(15)16/h3-5H,2H2,1H3,(H,12,13). The smallest absolute Gasteiger partial charge is 0.346 e. The highest BCUT2D eigenvalue weighted by molar-refractivity contribution is 6.05. The number of nitrogens with zero attached hydrogens (tertiary/aromatic N) is 1. The van der Waals surface area contributed by atoms with E-state index in [9.17, 15) is 19.7 Å². The number of carbonyl (C=O) groups is 2. The van der Waals surface area contributed by atoms with Crippen molar-refractivity contribution in [1.82, 2.24) is 0 Å². The number of carboxylic acid groups (broad SMARTS) is 1. The van der Waals surface area contributed by atoms with Crippen molar-refractivity contribution in [2.24, 2.45) is 0 Å². The summed E-state index contributed by atoms with van der Waals surface area (Å²) in [4.78, 5) is 32.3. The molecule has 1 aromatic carbocycles. The molecule has 0 aliphatic rings. The van der Waals surface area contributed by atoms with E-state index in [2.05, 4.69) is 4.74 Å². The highest BCUT2D eigenvalue weighted by atomic mass is 16.6. The highest BCUT2D eigenvalue weighted by Crippen LogP contribution is 2.23. The van der Waals surface area contributed by atoms with Crippen LogP contribution in [0.25, 0.3) is 0 Å². The number of esters is 1. The molecule has 1 rings (SSSR count). The number of carbonyl (C=O) groups excluding carboxylic acids is 1. The lowest BCUT2D eigenvalue weighted by molar-refractivity contribution is -0.385. The van der Waals surface area contributed by atoms with E-state index in [-0.39, 0.29) is 6.61 Å². The maximum Gasteiger partial charge on any atom is 0.346 e. The predicted octanol–water partition coefficient (Wildman–Crippen LogP) is 1.47. The average Bonchev–Trinajstić information content (AvgIpc) is 2.28. The molecule has 0 aromatic heterocycles. The van der Waals surface area contributed by atoms with Crippen LogP contribution >= 0.6 is 0 Å². The van der Waals surface area contributed by atoms with E-state index < -0.39 is 33.7 Å². The zero-order valence-electron chi connectivity index (χ0n) is 8.87. The van der Waals surface area contributed by atoms with Crippen molar-refractivity contribution in [3.8, 4) is 0 Å². The van der Waals surface area contributed by atoms with E-state index in [1.807, 2.05) is 0 Å². The second-order valence-electron chi connectivity index (χ2n) is 2.98. The summed E-state index contributed by atoms with van der Waals surface area (Å²) in [7, 11) is 0. The van der Waals surface area contributed by atoms with Crippen LogP contribution in [0.2, 0.25) is 0 Å². The van der Waals surface area contributed by atoms with Crippen LogP contribution in [0.4, 0.5) is 5.69 Å². The lowest BCUT2D eigenvalue weighted by Crippen LogP contribution is -2.14. The van der Waals surface area contributed by atoms with Crippen LogP contribution in [-0.4, -0.2) is 28.6 Å². The fourth-order valence-electron chi connectivity index (χ4n) is 1.29. The van der Waals surface area contributed by atoms with Gasteiger partial charge in [-0.2, -0.15) is 0 Å². The SMILES string of the molecule is CCOC(=O)c1c(C(=O)O)cccc1[N+](=O)[O-]. The normalized spacial score (nSPS) is 9.71. The average molecular weight is 239 g/mol. The number of nitro benzene ring substituents is 1. The molecule has 7 heteroatoms. The number of nitro groups is 1. The van der Waals surface area contributed by atoms with Gasteiger partial charge in [0.2, 0.25) is 0 Å². The third-order valence-corrected chi connectivity index (χ3v) is 1.95. The monoisotopic (exact) mass is 239 g/mol. The number of hydrogen-bond acceptors (Lipinski definition) is 5. The van der Waals surface area contributed by atoms with Gasteiger partial charge in [-0.25, -0.2) is 9.59 Å². The van der Waals surface area contributed by atoms with Crippen molar-refractivity contribution in [2.45, 2.75) is 6.92 Å². The Kier molecular flexibility index (Phi) is 3.76. The van der Waals surface area contributed by atoms with E-state index in [0.29, 0.717) is 0 Å². The van der Waals surface area contributed by atoms with E-state index >= 15 is 0 Å². The summed E-state index contributed by atoms with van der Waals surface area (Å²) in [5.41, 5.74) is -1.56. The number of hydrogen-bond donors (Lipinski definition) is 1. The summed E-state index contributed by atoms with van der Waals surface area (Å²) in [5, 5.41) is 19.6. The Labute approximate surface area is 95.8 Å². The van der Waals surface area contributed by atoms with Gasteiger partial charge in [-0.15, -0.1) is 0 Å². The van der Waals surface area contributed by atoms with Crippen molar-refractivity contribution in [2.75, 3.05) is 6.61 Å². The molecule has 0 saturated heterocycles. The molecule has 17 heavy (non-hydrogen) atoms. The van der Waals surface area contributed by atoms with Gasteiger partial charge in [0.1, 0.15) is 0 Å². The van der Waals surface area contributed by atoms with E-state index in [1.54, 1.807) is 0 Å². The zero-order valence-corrected chi connectivity index (χ0v) is 8.87. The third kappa shape index (κ3) is 2.57. The van der Waals surface area contributed by atoms with E-state index in [0.717, 1.165) is 12.1 Å². The zero-order chi connectivity index (χ0) is 13.0. The Balaban J connectivity index is 3.43. The Bertz CT molecular complexity index is 449. The maximum atomic E-state index is 11.5. The Morgan fingerprint density at radius 3 is 2.59 bits per heavy atom. The Hall–Kier alpha value is -2.44. The molecule has 90 valence electrons. The van der Waals surface area contributed by atoms with Crippen molar-refractivity contribution in [3.63, 3.8) is 0 Å². The van der Waals surface area contributed by atoms with Gasteiger partial charge in [0.05, 0.1) is 17.1 Å².